The third-order valence-corrected chi connectivity index (χ3v) is 4.79. The van der Waals surface area contributed by atoms with Crippen LogP contribution in [-0.2, 0) is 6.42 Å². The summed E-state index contributed by atoms with van der Waals surface area (Å²) >= 11 is 0. The zero-order chi connectivity index (χ0) is 20.5. The van der Waals surface area contributed by atoms with Gasteiger partial charge in [-0.05, 0) is 67.0 Å². The first-order valence-corrected chi connectivity index (χ1v) is 10.1. The van der Waals surface area contributed by atoms with E-state index in [1.807, 2.05) is 18.2 Å². The van der Waals surface area contributed by atoms with Crippen LogP contribution in [0.15, 0.2) is 79.7 Å². The van der Waals surface area contributed by atoms with E-state index >= 15 is 0 Å². The number of hydrogen-bond donors (Lipinski definition) is 0. The second kappa shape index (κ2) is 10.5. The van der Waals surface area contributed by atoms with E-state index in [1.54, 1.807) is 19.3 Å². The molecule has 0 saturated carbocycles. The molecule has 0 aliphatic carbocycles. The van der Waals surface area contributed by atoms with Crippen LogP contribution in [-0.4, -0.2) is 16.1 Å². The van der Waals surface area contributed by atoms with Crippen molar-refractivity contribution in [2.75, 3.05) is 0 Å². The summed E-state index contributed by atoms with van der Waals surface area (Å²) in [5.74, 6) is 0.712. The lowest BCUT2D eigenvalue weighted by Crippen LogP contribution is -1.91. The van der Waals surface area contributed by atoms with Crippen LogP contribution in [0.4, 0.5) is 4.39 Å². The predicted octanol–water partition coefficient (Wildman–Crippen LogP) is 7.08. The van der Waals surface area contributed by atoms with Crippen molar-refractivity contribution in [2.45, 2.75) is 38.8 Å². The minimum atomic E-state index is -0.738. The highest BCUT2D eigenvalue weighted by atomic mass is 19.1. The lowest BCUT2D eigenvalue weighted by molar-refractivity contribution is 0.335. The Bertz CT molecular complexity index is 944. The Morgan fingerprint density at radius 3 is 2.45 bits per heavy atom. The molecule has 0 saturated heterocycles. The Morgan fingerprint density at radius 2 is 1.76 bits per heavy atom. The first-order chi connectivity index (χ1) is 14.2. The Kier molecular flexibility index (Phi) is 7.46. The molecular formula is C26H27FN2. The highest BCUT2D eigenvalue weighted by Gasteiger charge is 2.08. The molecule has 0 aliphatic rings. The molecule has 0 amide bonds. The number of aromatic nitrogens is 2. The smallest absolute Gasteiger partial charge is 0.159 e. The molecule has 0 aliphatic heterocycles. The van der Waals surface area contributed by atoms with Crippen molar-refractivity contribution in [2.24, 2.45) is 0 Å². The van der Waals surface area contributed by atoms with Gasteiger partial charge in [-0.2, -0.15) is 0 Å². The lowest BCUT2D eigenvalue weighted by Gasteiger charge is -2.10. The minimum absolute atomic E-state index is 0.603. The van der Waals surface area contributed by atoms with Crippen LogP contribution in [0.2, 0.25) is 0 Å². The maximum atomic E-state index is 13.0. The fourth-order valence-electron chi connectivity index (χ4n) is 3.25. The standard InChI is InChI=1S/C26H27FN2/c1-3-8-21-11-13-23(14-12-21)25-19-24(26-28-17-7-18-29-26)16-15-22(25)10-6-4-5-9-20(2)27/h3,6-7,10-20H,1,4-5,8-9H2,2H3. The van der Waals surface area contributed by atoms with E-state index in [2.05, 4.69) is 65.1 Å². The Balaban J connectivity index is 1.92. The van der Waals surface area contributed by atoms with Crippen molar-refractivity contribution in [3.8, 4) is 22.5 Å². The fraction of sp³-hybridized carbons (Fsp3) is 0.231. The Labute approximate surface area is 172 Å². The molecule has 2 nitrogen and oxygen atoms in total. The van der Waals surface area contributed by atoms with Crippen molar-refractivity contribution < 1.29 is 4.39 Å². The maximum absolute atomic E-state index is 13.0. The first kappa shape index (κ1) is 20.7. The molecule has 0 N–H and O–H groups in total. The molecule has 1 unspecified atom stereocenters. The quantitative estimate of drug-likeness (QED) is 0.290. The van der Waals surface area contributed by atoms with Gasteiger partial charge in [0, 0.05) is 18.0 Å². The summed E-state index contributed by atoms with van der Waals surface area (Å²) in [6, 6.07) is 16.7. The van der Waals surface area contributed by atoms with Crippen LogP contribution in [0.1, 0.15) is 37.3 Å². The van der Waals surface area contributed by atoms with Crippen molar-refractivity contribution in [1.82, 2.24) is 9.97 Å². The van der Waals surface area contributed by atoms with Crippen LogP contribution in [0.25, 0.3) is 28.6 Å². The average Bonchev–Trinajstić information content (AvgIpc) is 2.75. The molecule has 0 bridgehead atoms. The summed E-state index contributed by atoms with van der Waals surface area (Å²) in [7, 11) is 0. The monoisotopic (exact) mass is 386 g/mol. The van der Waals surface area contributed by atoms with E-state index < -0.39 is 6.17 Å². The number of allylic oxidation sites excluding steroid dienone is 2. The van der Waals surface area contributed by atoms with E-state index in [0.29, 0.717) is 12.2 Å². The van der Waals surface area contributed by atoms with Crippen molar-refractivity contribution >= 4 is 6.08 Å². The normalized spacial score (nSPS) is 12.2. The number of halogens is 1. The first-order valence-electron chi connectivity index (χ1n) is 10.1. The van der Waals surface area contributed by atoms with Crippen molar-refractivity contribution in [1.29, 1.82) is 0 Å². The van der Waals surface area contributed by atoms with Gasteiger partial charge in [-0.3, -0.25) is 0 Å². The van der Waals surface area contributed by atoms with Crippen LogP contribution >= 0.6 is 0 Å². The van der Waals surface area contributed by atoms with Gasteiger partial charge < -0.3 is 0 Å². The molecule has 0 fully saturated rings. The number of hydrogen-bond acceptors (Lipinski definition) is 2. The van der Waals surface area contributed by atoms with Gasteiger partial charge in [-0.15, -0.1) is 6.58 Å². The molecule has 148 valence electrons. The molecule has 1 atom stereocenters. The third-order valence-electron chi connectivity index (χ3n) is 4.79. The molecule has 29 heavy (non-hydrogen) atoms. The maximum Gasteiger partial charge on any atom is 0.159 e. The number of alkyl halides is 1. The van der Waals surface area contributed by atoms with Crippen LogP contribution < -0.4 is 0 Å². The summed E-state index contributed by atoms with van der Waals surface area (Å²) in [6.45, 7) is 5.42. The number of unbranched alkanes of at least 4 members (excludes halogenated alkanes) is 1. The number of rotatable bonds is 9. The third kappa shape index (κ3) is 5.95. The molecule has 3 rings (SSSR count). The molecule has 1 heterocycles. The fourth-order valence-corrected chi connectivity index (χ4v) is 3.25. The second-order valence-corrected chi connectivity index (χ2v) is 7.18. The summed E-state index contributed by atoms with van der Waals surface area (Å²) in [5, 5.41) is 0. The topological polar surface area (TPSA) is 25.8 Å². The van der Waals surface area contributed by atoms with Gasteiger partial charge in [0.05, 0.1) is 6.17 Å². The van der Waals surface area contributed by atoms with Crippen molar-refractivity contribution in [3.05, 3.63) is 90.8 Å². The van der Waals surface area contributed by atoms with E-state index in [9.17, 15) is 4.39 Å². The summed E-state index contributed by atoms with van der Waals surface area (Å²) < 4.78 is 13.0. The van der Waals surface area contributed by atoms with E-state index in [4.69, 9.17) is 0 Å². The van der Waals surface area contributed by atoms with Gasteiger partial charge >= 0.3 is 0 Å². The van der Waals surface area contributed by atoms with Crippen LogP contribution in [0, 0.1) is 0 Å². The lowest BCUT2D eigenvalue weighted by atomic mass is 9.95. The number of benzene rings is 2. The molecule has 3 heteroatoms. The number of nitrogens with zero attached hydrogens (tertiary/aromatic N) is 2. The second-order valence-electron chi connectivity index (χ2n) is 7.18. The Hall–Kier alpha value is -3.07. The summed E-state index contributed by atoms with van der Waals surface area (Å²) in [4.78, 5) is 8.76. The van der Waals surface area contributed by atoms with Gasteiger partial charge in [-0.25, -0.2) is 14.4 Å². The van der Waals surface area contributed by atoms with E-state index in [1.165, 1.54) is 5.56 Å². The predicted molar refractivity (Wildman–Crippen MR) is 120 cm³/mol. The minimum Gasteiger partial charge on any atom is -0.248 e. The van der Waals surface area contributed by atoms with Gasteiger partial charge in [0.15, 0.2) is 5.82 Å². The van der Waals surface area contributed by atoms with Gasteiger partial charge in [0.25, 0.3) is 0 Å². The highest BCUT2D eigenvalue weighted by molar-refractivity contribution is 5.79. The van der Waals surface area contributed by atoms with E-state index in [0.717, 1.165) is 41.5 Å². The molecule has 0 spiro atoms. The summed E-state index contributed by atoms with van der Waals surface area (Å²) in [5.41, 5.74) is 5.64. The molecule has 2 aromatic carbocycles. The Morgan fingerprint density at radius 1 is 1.03 bits per heavy atom. The van der Waals surface area contributed by atoms with Crippen LogP contribution in [0.3, 0.4) is 0 Å². The van der Waals surface area contributed by atoms with Gasteiger partial charge in [0.2, 0.25) is 0 Å². The molecule has 1 aromatic heterocycles. The van der Waals surface area contributed by atoms with E-state index in [-0.39, 0.29) is 0 Å². The SMILES string of the molecule is C=CCc1ccc(-c2cc(-c3ncccn3)ccc2C=CCCCC(C)F)cc1. The van der Waals surface area contributed by atoms with Gasteiger partial charge in [0.1, 0.15) is 0 Å². The van der Waals surface area contributed by atoms with Crippen LogP contribution in [0.5, 0.6) is 0 Å². The zero-order valence-electron chi connectivity index (χ0n) is 16.9. The largest absolute Gasteiger partial charge is 0.248 e. The highest BCUT2D eigenvalue weighted by Crippen LogP contribution is 2.30. The zero-order valence-corrected chi connectivity index (χ0v) is 16.9. The summed E-state index contributed by atoms with van der Waals surface area (Å²) in [6.07, 6.45) is 12.1. The van der Waals surface area contributed by atoms with Gasteiger partial charge in [-0.1, -0.05) is 54.6 Å². The molecule has 3 aromatic rings. The molecular weight excluding hydrogens is 359 g/mol. The average molecular weight is 387 g/mol. The van der Waals surface area contributed by atoms with Crippen molar-refractivity contribution in [3.63, 3.8) is 0 Å². The molecule has 0 radical (unpaired) electrons.